The lowest BCUT2D eigenvalue weighted by Gasteiger charge is -2.07. The topological polar surface area (TPSA) is 58.2 Å². The molecule has 0 aromatic heterocycles. The van der Waals surface area contributed by atoms with Gasteiger partial charge in [-0.05, 0) is 31.2 Å². The van der Waals surface area contributed by atoms with Crippen LogP contribution in [0.2, 0.25) is 0 Å². The number of carbonyl (C=O) groups is 2. The second-order valence-corrected chi connectivity index (χ2v) is 5.23. The van der Waals surface area contributed by atoms with Crippen molar-refractivity contribution in [2.75, 3.05) is 13.1 Å². The van der Waals surface area contributed by atoms with Gasteiger partial charge in [0.1, 0.15) is 5.82 Å². The van der Waals surface area contributed by atoms with Gasteiger partial charge in [0.2, 0.25) is 5.91 Å². The Morgan fingerprint density at radius 2 is 1.58 bits per heavy atom. The average Bonchev–Trinajstić information content (AvgIpc) is 2.61. The average molecular weight is 326 g/mol. The van der Waals surface area contributed by atoms with Crippen LogP contribution in [0.1, 0.15) is 22.8 Å². The molecule has 0 aliphatic heterocycles. The van der Waals surface area contributed by atoms with Crippen molar-refractivity contribution in [1.29, 1.82) is 0 Å². The van der Waals surface area contributed by atoms with Crippen LogP contribution in [0, 0.1) is 5.82 Å². The number of hydrogen-bond acceptors (Lipinski definition) is 2. The first-order valence-electron chi connectivity index (χ1n) is 7.62. The van der Waals surface area contributed by atoms with Crippen LogP contribution in [0.3, 0.4) is 0 Å². The van der Waals surface area contributed by atoms with E-state index in [9.17, 15) is 14.0 Å². The standard InChI is InChI=1S/C19H19FN2O2/c1-14(13-16-9-5-6-10-17(16)20)18(23)21-11-12-22-19(24)15-7-3-2-4-8-15/h2-10,13H,11-12H2,1H3,(H,21,23)(H,22,24)/b14-13+. The summed E-state index contributed by atoms with van der Waals surface area (Å²) in [6.45, 7) is 2.22. The van der Waals surface area contributed by atoms with Crippen molar-refractivity contribution in [2.45, 2.75) is 6.92 Å². The van der Waals surface area contributed by atoms with E-state index < -0.39 is 0 Å². The quantitative estimate of drug-likeness (QED) is 0.633. The third-order valence-electron chi connectivity index (χ3n) is 3.37. The van der Waals surface area contributed by atoms with Crippen LogP contribution in [0.25, 0.3) is 6.08 Å². The molecule has 0 saturated heterocycles. The Bertz CT molecular complexity index is 742. The molecule has 0 fully saturated rings. The zero-order valence-corrected chi connectivity index (χ0v) is 13.4. The van der Waals surface area contributed by atoms with Crippen LogP contribution < -0.4 is 10.6 Å². The molecule has 0 saturated carbocycles. The summed E-state index contributed by atoms with van der Waals surface area (Å²) >= 11 is 0. The van der Waals surface area contributed by atoms with Gasteiger partial charge in [0, 0.05) is 29.8 Å². The van der Waals surface area contributed by atoms with Crippen LogP contribution in [-0.4, -0.2) is 24.9 Å². The molecule has 2 N–H and O–H groups in total. The third kappa shape index (κ3) is 5.05. The van der Waals surface area contributed by atoms with Gasteiger partial charge in [0.05, 0.1) is 0 Å². The molecule has 0 atom stereocenters. The van der Waals surface area contributed by atoms with Gasteiger partial charge < -0.3 is 10.6 Å². The molecule has 24 heavy (non-hydrogen) atoms. The zero-order valence-electron chi connectivity index (χ0n) is 13.4. The molecule has 124 valence electrons. The van der Waals surface area contributed by atoms with E-state index in [0.717, 1.165) is 0 Å². The van der Waals surface area contributed by atoms with Crippen LogP contribution in [-0.2, 0) is 4.79 Å². The van der Waals surface area contributed by atoms with E-state index in [1.807, 2.05) is 6.07 Å². The molecule has 0 bridgehead atoms. The van der Waals surface area contributed by atoms with E-state index in [0.29, 0.717) is 29.8 Å². The molecule has 4 nitrogen and oxygen atoms in total. The van der Waals surface area contributed by atoms with Gasteiger partial charge in [-0.15, -0.1) is 0 Å². The smallest absolute Gasteiger partial charge is 0.251 e. The minimum Gasteiger partial charge on any atom is -0.351 e. The molecule has 0 aliphatic carbocycles. The van der Waals surface area contributed by atoms with Crippen molar-refractivity contribution in [3.8, 4) is 0 Å². The molecular formula is C19H19FN2O2. The van der Waals surface area contributed by atoms with Crippen molar-refractivity contribution in [3.05, 3.63) is 77.1 Å². The minimum absolute atomic E-state index is 0.191. The highest BCUT2D eigenvalue weighted by molar-refractivity contribution is 5.97. The van der Waals surface area contributed by atoms with Crippen molar-refractivity contribution in [3.63, 3.8) is 0 Å². The number of hydrogen-bond donors (Lipinski definition) is 2. The lowest BCUT2D eigenvalue weighted by atomic mass is 10.1. The number of halogens is 1. The summed E-state index contributed by atoms with van der Waals surface area (Å²) in [5.74, 6) is -0.865. The highest BCUT2D eigenvalue weighted by atomic mass is 19.1. The molecule has 5 heteroatoms. The number of nitrogens with one attached hydrogen (secondary N) is 2. The number of amides is 2. The maximum atomic E-state index is 13.5. The first-order valence-corrected chi connectivity index (χ1v) is 7.62. The van der Waals surface area contributed by atoms with Gasteiger partial charge in [-0.2, -0.15) is 0 Å². The van der Waals surface area contributed by atoms with Gasteiger partial charge in [-0.1, -0.05) is 36.4 Å². The summed E-state index contributed by atoms with van der Waals surface area (Å²) in [4.78, 5) is 23.8. The Morgan fingerprint density at radius 3 is 2.29 bits per heavy atom. The summed E-state index contributed by atoms with van der Waals surface area (Å²) in [5.41, 5.74) is 1.33. The Balaban J connectivity index is 1.79. The summed E-state index contributed by atoms with van der Waals surface area (Å²) in [7, 11) is 0. The van der Waals surface area contributed by atoms with E-state index >= 15 is 0 Å². The Hall–Kier alpha value is -2.95. The third-order valence-corrected chi connectivity index (χ3v) is 3.37. The van der Waals surface area contributed by atoms with Crippen LogP contribution >= 0.6 is 0 Å². The second kappa shape index (κ2) is 8.62. The van der Waals surface area contributed by atoms with Gasteiger partial charge in [-0.25, -0.2) is 4.39 Å². The number of benzene rings is 2. The predicted octanol–water partition coefficient (Wildman–Crippen LogP) is 2.78. The summed E-state index contributed by atoms with van der Waals surface area (Å²) in [6, 6.07) is 15.1. The maximum absolute atomic E-state index is 13.5. The number of carbonyl (C=O) groups excluding carboxylic acids is 2. The number of rotatable bonds is 6. The van der Waals surface area contributed by atoms with E-state index in [1.54, 1.807) is 49.4 Å². The van der Waals surface area contributed by atoms with Gasteiger partial charge in [-0.3, -0.25) is 9.59 Å². The molecule has 0 radical (unpaired) electrons. The highest BCUT2D eigenvalue weighted by Gasteiger charge is 2.07. The summed E-state index contributed by atoms with van der Waals surface area (Å²) in [6.07, 6.45) is 1.49. The van der Waals surface area contributed by atoms with Crippen molar-refractivity contribution in [1.82, 2.24) is 10.6 Å². The van der Waals surface area contributed by atoms with Crippen molar-refractivity contribution < 1.29 is 14.0 Å². The fourth-order valence-electron chi connectivity index (χ4n) is 2.07. The first kappa shape index (κ1) is 17.4. The molecule has 2 rings (SSSR count). The van der Waals surface area contributed by atoms with Crippen LogP contribution in [0.4, 0.5) is 4.39 Å². The largest absolute Gasteiger partial charge is 0.351 e. The van der Waals surface area contributed by atoms with E-state index in [1.165, 1.54) is 12.1 Å². The molecular weight excluding hydrogens is 307 g/mol. The highest BCUT2D eigenvalue weighted by Crippen LogP contribution is 2.11. The monoisotopic (exact) mass is 326 g/mol. The molecule has 0 heterocycles. The van der Waals surface area contributed by atoms with Crippen LogP contribution in [0.5, 0.6) is 0 Å². The first-order chi connectivity index (χ1) is 11.6. The second-order valence-electron chi connectivity index (χ2n) is 5.23. The van der Waals surface area contributed by atoms with E-state index in [4.69, 9.17) is 0 Å². The Morgan fingerprint density at radius 1 is 0.958 bits per heavy atom. The maximum Gasteiger partial charge on any atom is 0.251 e. The summed E-state index contributed by atoms with van der Waals surface area (Å²) < 4.78 is 13.5. The molecule has 0 aliphatic rings. The SMILES string of the molecule is C/C(=C\c1ccccc1F)C(=O)NCCNC(=O)c1ccccc1. The lowest BCUT2D eigenvalue weighted by Crippen LogP contribution is -2.34. The Labute approximate surface area is 140 Å². The van der Waals surface area contributed by atoms with Crippen LogP contribution in [0.15, 0.2) is 60.2 Å². The van der Waals surface area contributed by atoms with Gasteiger partial charge in [0.25, 0.3) is 5.91 Å². The normalized spacial score (nSPS) is 11.0. The zero-order chi connectivity index (χ0) is 17.4. The molecule has 2 aromatic rings. The fraction of sp³-hybridized carbons (Fsp3) is 0.158. The van der Waals surface area contributed by atoms with Crippen molar-refractivity contribution >= 4 is 17.9 Å². The van der Waals surface area contributed by atoms with E-state index in [-0.39, 0.29) is 17.6 Å². The molecule has 0 unspecified atom stereocenters. The summed E-state index contributed by atoms with van der Waals surface area (Å²) in [5, 5.41) is 5.40. The molecule has 2 amide bonds. The molecule has 0 spiro atoms. The van der Waals surface area contributed by atoms with Gasteiger partial charge in [0.15, 0.2) is 0 Å². The predicted molar refractivity (Wildman–Crippen MR) is 91.8 cm³/mol. The Kier molecular flexibility index (Phi) is 6.25. The van der Waals surface area contributed by atoms with Crippen molar-refractivity contribution in [2.24, 2.45) is 0 Å². The molecule has 2 aromatic carbocycles. The lowest BCUT2D eigenvalue weighted by molar-refractivity contribution is -0.117. The minimum atomic E-state index is -0.375. The van der Waals surface area contributed by atoms with Gasteiger partial charge >= 0.3 is 0 Å². The van der Waals surface area contributed by atoms with E-state index in [2.05, 4.69) is 10.6 Å². The fourth-order valence-corrected chi connectivity index (χ4v) is 2.07.